The van der Waals surface area contributed by atoms with Gasteiger partial charge in [-0.15, -0.1) is 0 Å². The second-order valence-electron chi connectivity index (χ2n) is 5.84. The van der Waals surface area contributed by atoms with E-state index >= 15 is 0 Å². The standard InChI is InChI=1S/C19H16ClN3O2S2/c20-14-8-6-12(7-9-14)10-21-17(26)15-16(24)22-19(27)23(18(15)25)11-13-4-2-1-3-5-13/h1-9,25H,10-11H2,(H,21,26)(H,22,24,27). The molecule has 27 heavy (non-hydrogen) atoms. The van der Waals surface area contributed by atoms with E-state index < -0.39 is 5.56 Å². The third-order valence-corrected chi connectivity index (χ3v) is 4.87. The molecule has 0 spiro atoms. The van der Waals surface area contributed by atoms with E-state index in [0.29, 0.717) is 18.1 Å². The number of aromatic nitrogens is 2. The van der Waals surface area contributed by atoms with Crippen LogP contribution in [0, 0.1) is 4.77 Å². The minimum atomic E-state index is -0.532. The lowest BCUT2D eigenvalue weighted by Gasteiger charge is -2.14. The van der Waals surface area contributed by atoms with Gasteiger partial charge in [-0.25, -0.2) is 0 Å². The highest BCUT2D eigenvalue weighted by Gasteiger charge is 2.17. The first-order chi connectivity index (χ1) is 13.0. The van der Waals surface area contributed by atoms with Crippen molar-refractivity contribution in [2.45, 2.75) is 13.1 Å². The maximum absolute atomic E-state index is 12.3. The van der Waals surface area contributed by atoms with Crippen LogP contribution in [0.1, 0.15) is 16.7 Å². The number of halogens is 1. The molecule has 0 aliphatic carbocycles. The van der Waals surface area contributed by atoms with Gasteiger partial charge in [0, 0.05) is 11.6 Å². The first kappa shape index (κ1) is 19.3. The molecule has 138 valence electrons. The molecule has 3 rings (SSSR count). The van der Waals surface area contributed by atoms with Crippen molar-refractivity contribution in [2.75, 3.05) is 0 Å². The molecule has 0 saturated carbocycles. The smallest absolute Gasteiger partial charge is 0.265 e. The number of aromatic amines is 1. The molecule has 5 nitrogen and oxygen atoms in total. The normalized spacial score (nSPS) is 10.6. The summed E-state index contributed by atoms with van der Waals surface area (Å²) in [5.74, 6) is -0.263. The fourth-order valence-electron chi connectivity index (χ4n) is 2.55. The number of hydrogen-bond donors (Lipinski definition) is 3. The van der Waals surface area contributed by atoms with Crippen LogP contribution in [0.15, 0.2) is 59.4 Å². The topological polar surface area (TPSA) is 70.0 Å². The van der Waals surface area contributed by atoms with Gasteiger partial charge in [0.1, 0.15) is 10.6 Å². The summed E-state index contributed by atoms with van der Waals surface area (Å²) in [6.07, 6.45) is 0. The first-order valence-electron chi connectivity index (χ1n) is 8.08. The van der Waals surface area contributed by atoms with Crippen molar-refractivity contribution in [1.29, 1.82) is 0 Å². The highest BCUT2D eigenvalue weighted by atomic mass is 35.5. The first-order valence-corrected chi connectivity index (χ1v) is 9.28. The van der Waals surface area contributed by atoms with E-state index in [1.165, 1.54) is 4.57 Å². The van der Waals surface area contributed by atoms with Crippen LogP contribution in [0.3, 0.4) is 0 Å². The summed E-state index contributed by atoms with van der Waals surface area (Å²) in [6, 6.07) is 16.7. The van der Waals surface area contributed by atoms with Crippen molar-refractivity contribution in [1.82, 2.24) is 14.9 Å². The van der Waals surface area contributed by atoms with Crippen LogP contribution in [-0.2, 0) is 13.1 Å². The Kier molecular flexibility index (Phi) is 6.05. The van der Waals surface area contributed by atoms with E-state index in [9.17, 15) is 9.90 Å². The molecule has 0 radical (unpaired) electrons. The van der Waals surface area contributed by atoms with Gasteiger partial charge in [0.2, 0.25) is 5.88 Å². The highest BCUT2D eigenvalue weighted by molar-refractivity contribution is 7.80. The van der Waals surface area contributed by atoms with Crippen molar-refractivity contribution in [3.05, 3.63) is 91.4 Å². The van der Waals surface area contributed by atoms with Gasteiger partial charge < -0.3 is 10.4 Å². The number of H-pyrrole nitrogens is 1. The lowest BCUT2D eigenvalue weighted by molar-refractivity contribution is 0.411. The van der Waals surface area contributed by atoms with Crippen LogP contribution in [0.2, 0.25) is 5.02 Å². The van der Waals surface area contributed by atoms with Gasteiger partial charge in [0.15, 0.2) is 4.77 Å². The Balaban J connectivity index is 1.87. The van der Waals surface area contributed by atoms with Crippen LogP contribution in [0.4, 0.5) is 0 Å². The number of benzene rings is 2. The average molecular weight is 418 g/mol. The minimum Gasteiger partial charge on any atom is -0.494 e. The van der Waals surface area contributed by atoms with Gasteiger partial charge in [0.05, 0.1) is 6.54 Å². The van der Waals surface area contributed by atoms with Crippen LogP contribution in [0.25, 0.3) is 0 Å². The Morgan fingerprint density at radius 1 is 1.11 bits per heavy atom. The molecular weight excluding hydrogens is 402 g/mol. The molecule has 1 aromatic heterocycles. The summed E-state index contributed by atoms with van der Waals surface area (Å²) < 4.78 is 1.57. The summed E-state index contributed by atoms with van der Waals surface area (Å²) in [5, 5.41) is 14.3. The fourth-order valence-corrected chi connectivity index (χ4v) is 3.18. The Morgan fingerprint density at radius 3 is 2.44 bits per heavy atom. The maximum atomic E-state index is 12.3. The van der Waals surface area contributed by atoms with Crippen molar-refractivity contribution >= 4 is 41.0 Å². The van der Waals surface area contributed by atoms with Gasteiger partial charge >= 0.3 is 0 Å². The van der Waals surface area contributed by atoms with Crippen LogP contribution in [-0.4, -0.2) is 19.6 Å². The van der Waals surface area contributed by atoms with E-state index in [1.807, 2.05) is 42.5 Å². The van der Waals surface area contributed by atoms with Gasteiger partial charge in [-0.3, -0.25) is 14.3 Å². The molecule has 1 heterocycles. The molecule has 0 bridgehead atoms. The van der Waals surface area contributed by atoms with Crippen molar-refractivity contribution < 1.29 is 5.11 Å². The molecule has 0 amide bonds. The fraction of sp³-hybridized carbons (Fsp3) is 0.105. The van der Waals surface area contributed by atoms with Crippen LogP contribution >= 0.6 is 36.0 Å². The van der Waals surface area contributed by atoms with Gasteiger partial charge in [-0.05, 0) is 35.5 Å². The molecule has 3 aromatic rings. The Labute approximate surface area is 171 Å². The molecule has 3 N–H and O–H groups in total. The molecule has 0 aliphatic rings. The number of thiocarbonyl (C=S) groups is 1. The molecule has 2 aromatic carbocycles. The minimum absolute atomic E-state index is 0.0107. The Bertz CT molecular complexity index is 1080. The number of aromatic hydroxyl groups is 1. The van der Waals surface area contributed by atoms with Gasteiger partial charge in [0.25, 0.3) is 5.56 Å². The van der Waals surface area contributed by atoms with E-state index in [2.05, 4.69) is 10.3 Å². The predicted octanol–water partition coefficient (Wildman–Crippen LogP) is 3.78. The van der Waals surface area contributed by atoms with E-state index in [-0.39, 0.29) is 21.2 Å². The molecule has 0 atom stereocenters. The summed E-state index contributed by atoms with van der Waals surface area (Å²) in [4.78, 5) is 15.0. The average Bonchev–Trinajstić information content (AvgIpc) is 2.65. The highest BCUT2D eigenvalue weighted by Crippen LogP contribution is 2.16. The molecule has 0 unspecified atom stereocenters. The molecule has 0 fully saturated rings. The van der Waals surface area contributed by atoms with Crippen molar-refractivity contribution in [3.8, 4) is 5.88 Å². The summed E-state index contributed by atoms with van der Waals surface area (Å²) in [5.41, 5.74) is 1.33. The predicted molar refractivity (Wildman–Crippen MR) is 113 cm³/mol. The summed E-state index contributed by atoms with van der Waals surface area (Å²) >= 11 is 16.4. The molecular formula is C19H16ClN3O2S2. The zero-order valence-electron chi connectivity index (χ0n) is 14.1. The zero-order chi connectivity index (χ0) is 19.4. The van der Waals surface area contributed by atoms with Crippen molar-refractivity contribution in [3.63, 3.8) is 0 Å². The lowest BCUT2D eigenvalue weighted by Crippen LogP contribution is -2.30. The summed E-state index contributed by atoms with van der Waals surface area (Å²) in [6.45, 7) is 0.707. The van der Waals surface area contributed by atoms with E-state index in [0.717, 1.165) is 11.1 Å². The second-order valence-corrected chi connectivity index (χ2v) is 7.07. The van der Waals surface area contributed by atoms with E-state index in [1.54, 1.807) is 12.1 Å². The van der Waals surface area contributed by atoms with Crippen molar-refractivity contribution in [2.24, 2.45) is 0 Å². The van der Waals surface area contributed by atoms with E-state index in [4.69, 9.17) is 36.0 Å². The molecule has 0 saturated heterocycles. The Hall–Kier alpha value is -2.48. The molecule has 0 aliphatic heterocycles. The van der Waals surface area contributed by atoms with Crippen LogP contribution in [0.5, 0.6) is 5.88 Å². The van der Waals surface area contributed by atoms with Gasteiger partial charge in [-0.1, -0.05) is 66.3 Å². The van der Waals surface area contributed by atoms with Gasteiger partial charge in [-0.2, -0.15) is 0 Å². The monoisotopic (exact) mass is 417 g/mol. The Morgan fingerprint density at radius 2 is 1.78 bits per heavy atom. The molecule has 8 heteroatoms. The number of nitrogens with zero attached hydrogens (tertiary/aromatic N) is 1. The number of rotatable bonds is 5. The maximum Gasteiger partial charge on any atom is 0.265 e. The lowest BCUT2D eigenvalue weighted by atomic mass is 10.2. The SMILES string of the molecule is O=c1[nH]c(=S)n(Cc2ccccc2)c(O)c1C(=S)NCc1ccc(Cl)cc1. The second kappa shape index (κ2) is 8.47. The van der Waals surface area contributed by atoms with Crippen LogP contribution < -0.4 is 10.9 Å². The quantitative estimate of drug-likeness (QED) is 0.551. The number of hydrogen-bond acceptors (Lipinski definition) is 4. The zero-order valence-corrected chi connectivity index (χ0v) is 16.5. The third-order valence-electron chi connectivity index (χ3n) is 3.95. The third kappa shape index (κ3) is 4.63. The summed E-state index contributed by atoms with van der Waals surface area (Å²) in [7, 11) is 0. The largest absolute Gasteiger partial charge is 0.494 e. The number of nitrogens with one attached hydrogen (secondary N) is 2.